The fourth-order valence-electron chi connectivity index (χ4n) is 4.62. The SMILES string of the molecule is c1ccc2c(c1)Cc1c-2c2c3ccccc3ccc2c2ccccc12. The molecule has 0 heteroatoms. The molecule has 0 spiro atoms. The van der Waals surface area contributed by atoms with Gasteiger partial charge in [-0.05, 0) is 61.0 Å². The maximum absolute atomic E-state index is 2.31. The largest absolute Gasteiger partial charge is 0.0619 e. The summed E-state index contributed by atoms with van der Waals surface area (Å²) in [5.74, 6) is 0. The van der Waals surface area contributed by atoms with E-state index in [1.54, 1.807) is 0 Å². The summed E-state index contributed by atoms with van der Waals surface area (Å²) in [6.45, 7) is 0. The van der Waals surface area contributed by atoms with Gasteiger partial charge in [0, 0.05) is 0 Å². The van der Waals surface area contributed by atoms with Crippen LogP contribution in [0.25, 0.3) is 43.4 Å². The Kier molecular flexibility index (Phi) is 2.48. The van der Waals surface area contributed by atoms with Crippen LogP contribution >= 0.6 is 0 Å². The molecule has 6 rings (SSSR count). The Morgan fingerprint density at radius 2 is 1.24 bits per heavy atom. The van der Waals surface area contributed by atoms with Crippen molar-refractivity contribution in [3.05, 3.63) is 96.1 Å². The molecule has 0 bridgehead atoms. The van der Waals surface area contributed by atoms with Crippen LogP contribution in [0.15, 0.2) is 84.9 Å². The van der Waals surface area contributed by atoms with Crippen molar-refractivity contribution in [2.75, 3.05) is 0 Å². The van der Waals surface area contributed by atoms with Crippen molar-refractivity contribution in [1.29, 1.82) is 0 Å². The van der Waals surface area contributed by atoms with Gasteiger partial charge in [0.1, 0.15) is 0 Å². The Labute approximate surface area is 146 Å². The van der Waals surface area contributed by atoms with Gasteiger partial charge in [0.15, 0.2) is 0 Å². The normalized spacial score (nSPS) is 12.6. The highest BCUT2D eigenvalue weighted by molar-refractivity contribution is 6.25. The molecule has 116 valence electrons. The Morgan fingerprint density at radius 3 is 2.16 bits per heavy atom. The van der Waals surface area contributed by atoms with Crippen LogP contribution in [0.4, 0.5) is 0 Å². The lowest BCUT2D eigenvalue weighted by molar-refractivity contribution is 1.29. The van der Waals surface area contributed by atoms with Gasteiger partial charge >= 0.3 is 0 Å². The molecule has 1 aliphatic carbocycles. The number of fused-ring (bicyclic) bond motifs is 10. The molecule has 5 aromatic carbocycles. The van der Waals surface area contributed by atoms with E-state index in [-0.39, 0.29) is 0 Å². The summed E-state index contributed by atoms with van der Waals surface area (Å²) >= 11 is 0. The zero-order valence-corrected chi connectivity index (χ0v) is 13.8. The van der Waals surface area contributed by atoms with Crippen molar-refractivity contribution in [1.82, 2.24) is 0 Å². The quantitative estimate of drug-likeness (QED) is 0.273. The summed E-state index contributed by atoms with van der Waals surface area (Å²) in [7, 11) is 0. The van der Waals surface area contributed by atoms with Gasteiger partial charge in [-0.25, -0.2) is 0 Å². The summed E-state index contributed by atoms with van der Waals surface area (Å²) in [6, 6.07) is 31.1. The topological polar surface area (TPSA) is 0 Å². The third-order valence-electron chi connectivity index (χ3n) is 5.68. The molecular formula is C25H16. The maximum atomic E-state index is 2.31. The van der Waals surface area contributed by atoms with Crippen molar-refractivity contribution in [3.63, 3.8) is 0 Å². The lowest BCUT2D eigenvalue weighted by Crippen LogP contribution is -1.89. The van der Waals surface area contributed by atoms with Crippen LogP contribution in [-0.2, 0) is 6.42 Å². The maximum Gasteiger partial charge on any atom is -0.000705 e. The minimum absolute atomic E-state index is 1.03. The Morgan fingerprint density at radius 1 is 0.520 bits per heavy atom. The summed E-state index contributed by atoms with van der Waals surface area (Å²) in [5.41, 5.74) is 5.79. The zero-order valence-electron chi connectivity index (χ0n) is 13.8. The summed E-state index contributed by atoms with van der Waals surface area (Å²) in [6.07, 6.45) is 1.03. The van der Waals surface area contributed by atoms with E-state index >= 15 is 0 Å². The van der Waals surface area contributed by atoms with Crippen molar-refractivity contribution in [2.24, 2.45) is 0 Å². The molecule has 1 aliphatic rings. The van der Waals surface area contributed by atoms with Crippen LogP contribution in [0.1, 0.15) is 11.1 Å². The predicted molar refractivity (Wildman–Crippen MR) is 107 cm³/mol. The second kappa shape index (κ2) is 4.70. The first-order valence-electron chi connectivity index (χ1n) is 8.85. The van der Waals surface area contributed by atoms with Gasteiger partial charge in [-0.2, -0.15) is 0 Å². The van der Waals surface area contributed by atoms with Crippen molar-refractivity contribution in [3.8, 4) is 11.1 Å². The van der Waals surface area contributed by atoms with Crippen LogP contribution in [0.3, 0.4) is 0 Å². The average Bonchev–Trinajstić information content (AvgIpc) is 3.07. The highest BCUT2D eigenvalue weighted by Gasteiger charge is 2.24. The summed E-state index contributed by atoms with van der Waals surface area (Å²) < 4.78 is 0. The molecule has 0 aromatic heterocycles. The predicted octanol–water partition coefficient (Wildman–Crippen LogP) is 6.72. The lowest BCUT2D eigenvalue weighted by Gasteiger charge is -2.14. The first-order chi connectivity index (χ1) is 12.4. The van der Waals surface area contributed by atoms with Crippen molar-refractivity contribution < 1.29 is 0 Å². The van der Waals surface area contributed by atoms with E-state index in [9.17, 15) is 0 Å². The molecule has 5 aromatic rings. The smallest absolute Gasteiger partial charge is 0.000705 e. The molecule has 25 heavy (non-hydrogen) atoms. The van der Waals surface area contributed by atoms with Crippen LogP contribution < -0.4 is 0 Å². The van der Waals surface area contributed by atoms with Crippen molar-refractivity contribution in [2.45, 2.75) is 6.42 Å². The van der Waals surface area contributed by atoms with E-state index in [2.05, 4.69) is 84.9 Å². The summed E-state index contributed by atoms with van der Waals surface area (Å²) in [4.78, 5) is 0. The highest BCUT2D eigenvalue weighted by atomic mass is 14.3. The monoisotopic (exact) mass is 316 g/mol. The molecule has 0 radical (unpaired) electrons. The third kappa shape index (κ3) is 1.66. The van der Waals surface area contributed by atoms with Gasteiger partial charge in [-0.3, -0.25) is 0 Å². The second-order valence-electron chi connectivity index (χ2n) is 6.94. The summed E-state index contributed by atoms with van der Waals surface area (Å²) in [5, 5.41) is 8.23. The van der Waals surface area contributed by atoms with Gasteiger partial charge in [0.05, 0.1) is 0 Å². The van der Waals surface area contributed by atoms with E-state index in [1.807, 2.05) is 0 Å². The molecule has 0 fully saturated rings. The molecular weight excluding hydrogens is 300 g/mol. The highest BCUT2D eigenvalue weighted by Crippen LogP contribution is 2.47. The Bertz CT molecular complexity index is 1310. The third-order valence-corrected chi connectivity index (χ3v) is 5.68. The van der Waals surface area contributed by atoms with E-state index < -0.39 is 0 Å². The van der Waals surface area contributed by atoms with E-state index in [1.165, 1.54) is 54.6 Å². The molecule has 0 saturated heterocycles. The number of rotatable bonds is 0. The van der Waals surface area contributed by atoms with Crippen LogP contribution in [0.2, 0.25) is 0 Å². The molecule has 0 atom stereocenters. The molecule has 0 unspecified atom stereocenters. The number of benzene rings is 5. The average molecular weight is 316 g/mol. The number of hydrogen-bond donors (Lipinski definition) is 0. The van der Waals surface area contributed by atoms with Gasteiger partial charge in [0.2, 0.25) is 0 Å². The molecule has 0 aliphatic heterocycles. The minimum Gasteiger partial charge on any atom is -0.0619 e. The van der Waals surface area contributed by atoms with Gasteiger partial charge in [-0.15, -0.1) is 0 Å². The molecule has 0 saturated carbocycles. The second-order valence-corrected chi connectivity index (χ2v) is 6.94. The number of hydrogen-bond acceptors (Lipinski definition) is 0. The van der Waals surface area contributed by atoms with E-state index in [4.69, 9.17) is 0 Å². The van der Waals surface area contributed by atoms with Crippen LogP contribution in [-0.4, -0.2) is 0 Å². The fourth-order valence-corrected chi connectivity index (χ4v) is 4.62. The Balaban J connectivity index is 1.97. The van der Waals surface area contributed by atoms with E-state index in [0.717, 1.165) is 6.42 Å². The van der Waals surface area contributed by atoms with Crippen LogP contribution in [0, 0.1) is 0 Å². The van der Waals surface area contributed by atoms with Gasteiger partial charge in [0.25, 0.3) is 0 Å². The van der Waals surface area contributed by atoms with Gasteiger partial charge < -0.3 is 0 Å². The lowest BCUT2D eigenvalue weighted by atomic mass is 9.89. The van der Waals surface area contributed by atoms with Gasteiger partial charge in [-0.1, -0.05) is 84.9 Å². The molecule has 0 N–H and O–H groups in total. The Hall–Kier alpha value is -3.12. The van der Waals surface area contributed by atoms with E-state index in [0.29, 0.717) is 0 Å². The van der Waals surface area contributed by atoms with Crippen LogP contribution in [0.5, 0.6) is 0 Å². The minimum atomic E-state index is 1.03. The molecule has 0 amide bonds. The fraction of sp³-hybridized carbons (Fsp3) is 0.0400. The standard InChI is InChI=1S/C25H16/c1-3-9-18-16(7-1)13-14-22-20-11-5-6-12-21(20)23-15-17-8-2-4-10-19(17)25(23)24(18)22/h1-14H,15H2. The first kappa shape index (κ1) is 13.2. The van der Waals surface area contributed by atoms with Crippen molar-refractivity contribution >= 4 is 32.3 Å². The molecule has 0 heterocycles. The zero-order chi connectivity index (χ0) is 16.4. The molecule has 0 nitrogen and oxygen atoms in total. The first-order valence-corrected chi connectivity index (χ1v) is 8.85.